The zero-order valence-electron chi connectivity index (χ0n) is 13.2. The molecule has 0 aliphatic rings. The van der Waals surface area contributed by atoms with E-state index in [2.05, 4.69) is 25.6 Å². The number of pyridine rings is 1. The maximum Gasteiger partial charge on any atom is 0.270 e. The molecule has 6 nitrogen and oxygen atoms in total. The number of rotatable bonds is 5. The van der Waals surface area contributed by atoms with Gasteiger partial charge in [0.15, 0.2) is 0 Å². The zero-order valence-corrected chi connectivity index (χ0v) is 13.2. The number of nitrogens with one attached hydrogen (secondary N) is 2. The van der Waals surface area contributed by atoms with Crippen molar-refractivity contribution in [3.63, 3.8) is 0 Å². The van der Waals surface area contributed by atoms with E-state index in [4.69, 9.17) is 0 Å². The Labute approximate surface area is 140 Å². The van der Waals surface area contributed by atoms with Gasteiger partial charge in [0.1, 0.15) is 17.3 Å². The monoisotopic (exact) mass is 319 g/mol. The summed E-state index contributed by atoms with van der Waals surface area (Å²) in [7, 11) is 0. The van der Waals surface area contributed by atoms with E-state index in [-0.39, 0.29) is 5.91 Å². The highest BCUT2D eigenvalue weighted by Gasteiger charge is 2.10. The number of aromatic nitrogens is 3. The Balaban J connectivity index is 1.72. The molecular weight excluding hydrogens is 302 g/mol. The van der Waals surface area contributed by atoms with Crippen LogP contribution in [0.3, 0.4) is 0 Å². The summed E-state index contributed by atoms with van der Waals surface area (Å²) in [5.74, 6) is 0.864. The molecule has 2 aromatic heterocycles. The molecule has 0 atom stereocenters. The minimum Gasteiger partial charge on any atom is -0.347 e. The van der Waals surface area contributed by atoms with E-state index in [1.807, 2.05) is 42.5 Å². The molecule has 0 saturated heterocycles. The maximum absolute atomic E-state index is 12.3. The second-order valence-electron chi connectivity index (χ2n) is 5.22. The first kappa shape index (κ1) is 15.6. The summed E-state index contributed by atoms with van der Waals surface area (Å²) in [6.07, 6.45) is 3.41. The van der Waals surface area contributed by atoms with Gasteiger partial charge in [-0.05, 0) is 30.7 Å². The molecule has 0 spiro atoms. The van der Waals surface area contributed by atoms with Crippen LogP contribution in [-0.2, 0) is 6.54 Å². The largest absolute Gasteiger partial charge is 0.347 e. The summed E-state index contributed by atoms with van der Waals surface area (Å²) in [6, 6.07) is 15.0. The quantitative estimate of drug-likeness (QED) is 0.756. The van der Waals surface area contributed by atoms with E-state index in [0.29, 0.717) is 23.9 Å². The number of hydrogen-bond acceptors (Lipinski definition) is 5. The summed E-state index contributed by atoms with van der Waals surface area (Å²) in [6.45, 7) is 2.16. The molecule has 0 aliphatic carbocycles. The Hall–Kier alpha value is -3.28. The fourth-order valence-corrected chi connectivity index (χ4v) is 2.19. The Bertz CT molecular complexity index is 821. The summed E-state index contributed by atoms with van der Waals surface area (Å²) < 4.78 is 0. The van der Waals surface area contributed by atoms with Crippen molar-refractivity contribution in [3.05, 3.63) is 78.0 Å². The highest BCUT2D eigenvalue weighted by molar-refractivity contribution is 5.93. The van der Waals surface area contributed by atoms with Gasteiger partial charge in [-0.2, -0.15) is 0 Å². The molecule has 0 unspecified atom stereocenters. The molecule has 0 aliphatic heterocycles. The molecule has 1 amide bonds. The van der Waals surface area contributed by atoms with Gasteiger partial charge in [-0.15, -0.1) is 0 Å². The number of carbonyl (C=O) groups is 1. The SMILES string of the molecule is Cc1nc(Nc2ccccc2)cc(C(=O)NCc2cccnc2)n1. The van der Waals surface area contributed by atoms with Crippen LogP contribution in [0.4, 0.5) is 11.5 Å². The van der Waals surface area contributed by atoms with Crippen molar-refractivity contribution < 1.29 is 4.79 Å². The first-order chi connectivity index (χ1) is 11.7. The van der Waals surface area contributed by atoms with Crippen molar-refractivity contribution in [2.75, 3.05) is 5.32 Å². The number of anilines is 2. The summed E-state index contributed by atoms with van der Waals surface area (Å²) in [5, 5.41) is 6.01. The Kier molecular flexibility index (Phi) is 4.76. The van der Waals surface area contributed by atoms with Crippen LogP contribution in [0.1, 0.15) is 21.9 Å². The van der Waals surface area contributed by atoms with Gasteiger partial charge in [-0.1, -0.05) is 24.3 Å². The highest BCUT2D eigenvalue weighted by atomic mass is 16.1. The minimum atomic E-state index is -0.250. The second kappa shape index (κ2) is 7.32. The number of benzene rings is 1. The smallest absolute Gasteiger partial charge is 0.270 e. The predicted molar refractivity (Wildman–Crippen MR) is 91.9 cm³/mol. The molecule has 3 aromatic rings. The molecule has 0 bridgehead atoms. The second-order valence-corrected chi connectivity index (χ2v) is 5.22. The van der Waals surface area contributed by atoms with Crippen molar-refractivity contribution in [2.24, 2.45) is 0 Å². The number of para-hydroxylation sites is 1. The topological polar surface area (TPSA) is 79.8 Å². The molecule has 6 heteroatoms. The van der Waals surface area contributed by atoms with Crippen LogP contribution in [0.15, 0.2) is 60.9 Å². The molecule has 120 valence electrons. The lowest BCUT2D eigenvalue weighted by atomic mass is 10.2. The van der Waals surface area contributed by atoms with Gasteiger partial charge in [0.2, 0.25) is 0 Å². The van der Waals surface area contributed by atoms with Gasteiger partial charge >= 0.3 is 0 Å². The Morgan fingerprint density at radius 3 is 2.67 bits per heavy atom. The summed E-state index contributed by atoms with van der Waals surface area (Å²) >= 11 is 0. The van der Waals surface area contributed by atoms with Crippen molar-refractivity contribution in [3.8, 4) is 0 Å². The van der Waals surface area contributed by atoms with Gasteiger partial charge in [0.25, 0.3) is 5.91 Å². The van der Waals surface area contributed by atoms with Gasteiger partial charge in [0.05, 0.1) is 0 Å². The van der Waals surface area contributed by atoms with Crippen LogP contribution in [0.5, 0.6) is 0 Å². The fourth-order valence-electron chi connectivity index (χ4n) is 2.19. The average Bonchev–Trinajstić information content (AvgIpc) is 2.61. The van der Waals surface area contributed by atoms with E-state index >= 15 is 0 Å². The van der Waals surface area contributed by atoms with Crippen LogP contribution in [0, 0.1) is 6.92 Å². The van der Waals surface area contributed by atoms with E-state index < -0.39 is 0 Å². The van der Waals surface area contributed by atoms with Crippen LogP contribution < -0.4 is 10.6 Å². The molecular formula is C18H17N5O. The molecule has 24 heavy (non-hydrogen) atoms. The van der Waals surface area contributed by atoms with E-state index in [0.717, 1.165) is 11.3 Å². The maximum atomic E-state index is 12.3. The van der Waals surface area contributed by atoms with Crippen molar-refractivity contribution >= 4 is 17.4 Å². The third kappa shape index (κ3) is 4.13. The van der Waals surface area contributed by atoms with Gasteiger partial charge < -0.3 is 10.6 Å². The zero-order chi connectivity index (χ0) is 16.8. The fraction of sp³-hybridized carbons (Fsp3) is 0.111. The molecule has 0 fully saturated rings. The van der Waals surface area contributed by atoms with E-state index in [9.17, 15) is 4.79 Å². The minimum absolute atomic E-state index is 0.250. The van der Waals surface area contributed by atoms with Gasteiger partial charge in [0, 0.05) is 30.7 Å². The number of aryl methyl sites for hydroxylation is 1. The first-order valence-electron chi connectivity index (χ1n) is 7.55. The van der Waals surface area contributed by atoms with Crippen LogP contribution in [0.25, 0.3) is 0 Å². The van der Waals surface area contributed by atoms with E-state index in [1.54, 1.807) is 25.4 Å². The van der Waals surface area contributed by atoms with Crippen LogP contribution >= 0.6 is 0 Å². The summed E-state index contributed by atoms with van der Waals surface area (Å²) in [4.78, 5) is 24.9. The van der Waals surface area contributed by atoms with Crippen molar-refractivity contribution in [2.45, 2.75) is 13.5 Å². The Morgan fingerprint density at radius 2 is 1.92 bits per heavy atom. The standard InChI is InChI=1S/C18H17N5O/c1-13-21-16(18(24)20-12-14-6-5-9-19-11-14)10-17(22-13)23-15-7-3-2-4-8-15/h2-11H,12H2,1H3,(H,20,24)(H,21,22,23). The first-order valence-corrected chi connectivity index (χ1v) is 7.55. The molecule has 2 N–H and O–H groups in total. The third-order valence-corrected chi connectivity index (χ3v) is 3.29. The highest BCUT2D eigenvalue weighted by Crippen LogP contribution is 2.15. The average molecular weight is 319 g/mol. The third-order valence-electron chi connectivity index (χ3n) is 3.29. The lowest BCUT2D eigenvalue weighted by molar-refractivity contribution is 0.0945. The lowest BCUT2D eigenvalue weighted by Crippen LogP contribution is -2.24. The van der Waals surface area contributed by atoms with E-state index in [1.165, 1.54) is 0 Å². The number of carbonyl (C=O) groups excluding carboxylic acids is 1. The van der Waals surface area contributed by atoms with Gasteiger partial charge in [-0.25, -0.2) is 9.97 Å². The number of nitrogens with zero attached hydrogens (tertiary/aromatic N) is 3. The number of amides is 1. The molecule has 2 heterocycles. The summed E-state index contributed by atoms with van der Waals surface area (Å²) in [5.41, 5.74) is 2.15. The van der Waals surface area contributed by atoms with Gasteiger partial charge in [-0.3, -0.25) is 9.78 Å². The van der Waals surface area contributed by atoms with Crippen LogP contribution in [-0.4, -0.2) is 20.9 Å². The predicted octanol–water partition coefficient (Wildman–Crippen LogP) is 2.85. The van der Waals surface area contributed by atoms with Crippen molar-refractivity contribution in [1.82, 2.24) is 20.3 Å². The number of hydrogen-bond donors (Lipinski definition) is 2. The lowest BCUT2D eigenvalue weighted by Gasteiger charge is -2.09. The normalized spacial score (nSPS) is 10.2. The molecule has 3 rings (SSSR count). The van der Waals surface area contributed by atoms with Crippen molar-refractivity contribution in [1.29, 1.82) is 0 Å². The molecule has 0 saturated carbocycles. The molecule has 1 aromatic carbocycles. The Morgan fingerprint density at radius 1 is 1.08 bits per heavy atom. The molecule has 0 radical (unpaired) electrons. The van der Waals surface area contributed by atoms with Crippen LogP contribution in [0.2, 0.25) is 0 Å².